The molecule has 4 nitrogen and oxygen atoms in total. The number of halogens is 8. The highest BCUT2D eigenvalue weighted by Gasteiger charge is 2.73. The van der Waals surface area contributed by atoms with Crippen LogP contribution in [0.5, 0.6) is 11.5 Å². The molecule has 0 bridgehead atoms. The van der Waals surface area contributed by atoms with E-state index in [0.717, 1.165) is 12.1 Å². The maximum absolute atomic E-state index is 13.9. The van der Waals surface area contributed by atoms with Gasteiger partial charge in [0.25, 0.3) is 5.91 Å². The summed E-state index contributed by atoms with van der Waals surface area (Å²) in [6.45, 7) is 0. The van der Waals surface area contributed by atoms with Crippen molar-refractivity contribution < 1.29 is 49.9 Å². The van der Waals surface area contributed by atoms with Crippen molar-refractivity contribution in [3.8, 4) is 11.5 Å². The van der Waals surface area contributed by atoms with Crippen molar-refractivity contribution in [1.82, 2.24) is 5.48 Å². The first kappa shape index (κ1) is 21.4. The normalized spacial score (nSPS) is 12.6. The smallest absolute Gasteiger partial charge is 0.454 e. The van der Waals surface area contributed by atoms with Crippen LogP contribution in [-0.2, 0) is 5.92 Å². The molecule has 0 aliphatic carbocycles. The van der Waals surface area contributed by atoms with Gasteiger partial charge in [-0.25, -0.2) is 9.87 Å². The number of carbonyl (C=O) groups excluding carboxylic acids is 1. The fraction of sp³-hybridized carbons (Fsp3) is 0.188. The summed E-state index contributed by atoms with van der Waals surface area (Å²) in [6.07, 6.45) is -6.47. The largest absolute Gasteiger partial charge is 0.460 e. The van der Waals surface area contributed by atoms with Gasteiger partial charge in [-0.3, -0.25) is 10.0 Å². The third kappa shape index (κ3) is 3.86. The number of hydroxylamine groups is 1. The van der Waals surface area contributed by atoms with Crippen LogP contribution in [0.2, 0.25) is 0 Å². The fourth-order valence-electron chi connectivity index (χ4n) is 2.01. The molecular formula is C16H9F8NO3. The van der Waals surface area contributed by atoms with Gasteiger partial charge < -0.3 is 4.74 Å². The number of rotatable bonds is 5. The topological polar surface area (TPSA) is 58.6 Å². The average molecular weight is 415 g/mol. The lowest BCUT2D eigenvalue weighted by molar-refractivity contribution is -0.359. The van der Waals surface area contributed by atoms with Crippen LogP contribution in [0, 0.1) is 5.82 Å². The van der Waals surface area contributed by atoms with E-state index >= 15 is 0 Å². The second-order valence-corrected chi connectivity index (χ2v) is 5.36. The average Bonchev–Trinajstić information content (AvgIpc) is 2.62. The predicted molar refractivity (Wildman–Crippen MR) is 77.1 cm³/mol. The van der Waals surface area contributed by atoms with Crippen molar-refractivity contribution in [1.29, 1.82) is 0 Å². The molecule has 0 spiro atoms. The van der Waals surface area contributed by atoms with Gasteiger partial charge in [0.2, 0.25) is 0 Å². The van der Waals surface area contributed by atoms with Crippen LogP contribution in [0.3, 0.4) is 0 Å². The Morgan fingerprint density at radius 2 is 1.50 bits per heavy atom. The van der Waals surface area contributed by atoms with Gasteiger partial charge in [-0.05, 0) is 42.5 Å². The maximum atomic E-state index is 13.9. The third-order valence-corrected chi connectivity index (χ3v) is 3.49. The number of hydrogen-bond donors (Lipinski definition) is 2. The lowest BCUT2D eigenvalue weighted by Gasteiger charge is -2.28. The van der Waals surface area contributed by atoms with Gasteiger partial charge >= 0.3 is 18.0 Å². The van der Waals surface area contributed by atoms with Crippen molar-refractivity contribution in [3.63, 3.8) is 0 Å². The second-order valence-electron chi connectivity index (χ2n) is 5.36. The van der Waals surface area contributed by atoms with E-state index in [-0.39, 0.29) is 23.4 Å². The lowest BCUT2D eigenvalue weighted by Crippen LogP contribution is -2.49. The van der Waals surface area contributed by atoms with Crippen LogP contribution >= 0.6 is 0 Å². The summed E-state index contributed by atoms with van der Waals surface area (Å²) in [5, 5.41) is 8.44. The lowest BCUT2D eigenvalue weighted by atomic mass is 10.0. The summed E-state index contributed by atoms with van der Waals surface area (Å²) in [5.41, 5.74) is -0.646. The summed E-state index contributed by atoms with van der Waals surface area (Å²) in [4.78, 5) is 11.1. The summed E-state index contributed by atoms with van der Waals surface area (Å²) in [6, 6.07) is 4.50. The van der Waals surface area contributed by atoms with Crippen molar-refractivity contribution in [2.45, 2.75) is 18.0 Å². The zero-order chi connectivity index (χ0) is 21.3. The zero-order valence-corrected chi connectivity index (χ0v) is 13.3. The van der Waals surface area contributed by atoms with E-state index < -0.39 is 41.1 Å². The van der Waals surface area contributed by atoms with Crippen LogP contribution in [0.25, 0.3) is 0 Å². The molecule has 12 heteroatoms. The van der Waals surface area contributed by atoms with E-state index in [2.05, 4.69) is 0 Å². The Morgan fingerprint density at radius 3 is 1.96 bits per heavy atom. The molecule has 28 heavy (non-hydrogen) atoms. The first-order valence-electron chi connectivity index (χ1n) is 7.16. The first-order chi connectivity index (χ1) is 12.8. The van der Waals surface area contributed by atoms with Gasteiger partial charge in [-0.1, -0.05) is 0 Å². The van der Waals surface area contributed by atoms with Gasteiger partial charge in [-0.2, -0.15) is 30.7 Å². The molecule has 2 N–H and O–H groups in total. The van der Waals surface area contributed by atoms with Crippen LogP contribution in [-0.4, -0.2) is 23.2 Å². The molecule has 0 atom stereocenters. The molecule has 0 saturated carbocycles. The molecule has 2 aromatic carbocycles. The third-order valence-electron chi connectivity index (χ3n) is 3.49. The van der Waals surface area contributed by atoms with Crippen molar-refractivity contribution >= 4 is 5.91 Å². The number of ether oxygens (including phenoxy) is 1. The van der Waals surface area contributed by atoms with Gasteiger partial charge in [0, 0.05) is 11.1 Å². The number of nitrogens with one attached hydrogen (secondary N) is 1. The zero-order valence-electron chi connectivity index (χ0n) is 13.3. The van der Waals surface area contributed by atoms with E-state index in [4.69, 9.17) is 9.94 Å². The minimum Gasteiger partial charge on any atom is -0.454 e. The fourth-order valence-corrected chi connectivity index (χ4v) is 2.01. The Bertz CT molecular complexity index is 865. The van der Waals surface area contributed by atoms with Crippen molar-refractivity contribution in [3.05, 3.63) is 59.4 Å². The second kappa shape index (κ2) is 7.26. The van der Waals surface area contributed by atoms with Gasteiger partial charge in [-0.15, -0.1) is 0 Å². The summed E-state index contributed by atoms with van der Waals surface area (Å²) >= 11 is 0. The molecule has 152 valence electrons. The predicted octanol–water partition coefficient (Wildman–Crippen LogP) is 5.03. The summed E-state index contributed by atoms with van der Waals surface area (Å²) < 4.78 is 109. The SMILES string of the molecule is O=C(NO)c1ccc(Oc2ccc(C(F)(F)C(F)(F)C(F)(F)F)cc2)c(F)c1. The van der Waals surface area contributed by atoms with Crippen LogP contribution in [0.1, 0.15) is 15.9 Å². The minimum absolute atomic E-state index is 0.278. The van der Waals surface area contributed by atoms with E-state index in [1.807, 2.05) is 0 Å². The number of benzene rings is 2. The molecule has 0 unspecified atom stereocenters. The van der Waals surface area contributed by atoms with Crippen molar-refractivity contribution in [2.75, 3.05) is 0 Å². The number of alkyl halides is 7. The molecule has 0 fully saturated rings. The molecule has 2 aromatic rings. The van der Waals surface area contributed by atoms with E-state index in [9.17, 15) is 39.9 Å². The van der Waals surface area contributed by atoms with Crippen LogP contribution in [0.15, 0.2) is 42.5 Å². The highest BCUT2D eigenvalue weighted by Crippen LogP contribution is 2.51. The maximum Gasteiger partial charge on any atom is 0.460 e. The Balaban J connectivity index is 2.25. The van der Waals surface area contributed by atoms with Crippen LogP contribution < -0.4 is 10.2 Å². The highest BCUT2D eigenvalue weighted by molar-refractivity contribution is 5.93. The molecule has 0 aromatic heterocycles. The first-order valence-corrected chi connectivity index (χ1v) is 7.16. The van der Waals surface area contributed by atoms with E-state index in [1.54, 1.807) is 0 Å². The Kier molecular flexibility index (Phi) is 5.55. The molecule has 1 amide bonds. The van der Waals surface area contributed by atoms with Gasteiger partial charge in [0.05, 0.1) is 0 Å². The number of carbonyl (C=O) groups is 1. The number of hydrogen-bond acceptors (Lipinski definition) is 3. The summed E-state index contributed by atoms with van der Waals surface area (Å²) in [7, 11) is 0. The van der Waals surface area contributed by atoms with E-state index in [1.165, 1.54) is 5.48 Å². The highest BCUT2D eigenvalue weighted by atomic mass is 19.4. The standard InChI is InChI=1S/C16H9F8NO3/c17-11-7-8(13(26)25-27)1-6-12(11)28-10-4-2-9(3-5-10)14(18,19)15(20,21)16(22,23)24/h1-7,27H,(H,25,26). The Morgan fingerprint density at radius 1 is 0.929 bits per heavy atom. The Labute approximate surface area is 151 Å². The molecule has 0 aliphatic rings. The molecule has 2 rings (SSSR count). The van der Waals surface area contributed by atoms with Gasteiger partial charge in [0.1, 0.15) is 5.75 Å². The van der Waals surface area contributed by atoms with E-state index in [0.29, 0.717) is 18.2 Å². The molecule has 0 aliphatic heterocycles. The molecular weight excluding hydrogens is 406 g/mol. The Hall–Kier alpha value is -2.89. The quantitative estimate of drug-likeness (QED) is 0.409. The van der Waals surface area contributed by atoms with Gasteiger partial charge in [0.15, 0.2) is 11.6 Å². The molecule has 0 radical (unpaired) electrons. The molecule has 0 heterocycles. The van der Waals surface area contributed by atoms with Crippen LogP contribution in [0.4, 0.5) is 35.1 Å². The number of amides is 1. The summed E-state index contributed by atoms with van der Waals surface area (Å²) in [5.74, 6) is -14.8. The monoisotopic (exact) mass is 415 g/mol. The minimum atomic E-state index is -6.47. The van der Waals surface area contributed by atoms with Crippen molar-refractivity contribution in [2.24, 2.45) is 0 Å². The molecule has 0 saturated heterocycles.